The van der Waals surface area contributed by atoms with Crippen molar-refractivity contribution in [2.75, 3.05) is 11.2 Å². The van der Waals surface area contributed by atoms with Gasteiger partial charge in [-0.3, -0.25) is 4.79 Å². The molecule has 0 atom stereocenters. The molecule has 1 N–H and O–H groups in total. The summed E-state index contributed by atoms with van der Waals surface area (Å²) in [4.78, 5) is 10.8. The summed E-state index contributed by atoms with van der Waals surface area (Å²) in [5.74, 6) is -0.144. The van der Waals surface area contributed by atoms with Crippen LogP contribution in [0.15, 0.2) is 11.4 Å². The van der Waals surface area contributed by atoms with E-state index in [2.05, 4.69) is 5.32 Å². The molecule has 4 heteroatoms. The second-order valence-corrected chi connectivity index (χ2v) is 3.30. The highest BCUT2D eigenvalue weighted by Gasteiger charge is 2.02. The van der Waals surface area contributed by atoms with E-state index in [0.717, 1.165) is 10.6 Å². The summed E-state index contributed by atoms with van der Waals surface area (Å²) in [5, 5.41) is 5.50. The standard InChI is InChI=1S/C7H8ClNOS/c1-5-2-3-11-7(5)9-6(10)4-8/h2-3H,4H2,1H3,(H,9,10). The number of hydrogen-bond donors (Lipinski definition) is 1. The Bertz CT molecular complexity index is 259. The minimum Gasteiger partial charge on any atom is -0.316 e. The smallest absolute Gasteiger partial charge is 0.239 e. The molecule has 0 unspecified atom stereocenters. The summed E-state index contributed by atoms with van der Waals surface area (Å²) in [7, 11) is 0. The van der Waals surface area contributed by atoms with E-state index in [1.807, 2.05) is 18.4 Å². The van der Waals surface area contributed by atoms with Crippen LogP contribution in [0.3, 0.4) is 0 Å². The van der Waals surface area contributed by atoms with Gasteiger partial charge in [0.2, 0.25) is 5.91 Å². The fraction of sp³-hybridized carbons (Fsp3) is 0.286. The largest absolute Gasteiger partial charge is 0.316 e. The van der Waals surface area contributed by atoms with Gasteiger partial charge in [-0.1, -0.05) is 0 Å². The number of carbonyl (C=O) groups is 1. The molecule has 0 fully saturated rings. The quantitative estimate of drug-likeness (QED) is 0.711. The summed E-state index contributed by atoms with van der Waals surface area (Å²) in [6.07, 6.45) is 0. The van der Waals surface area contributed by atoms with Gasteiger partial charge in [0.25, 0.3) is 0 Å². The van der Waals surface area contributed by atoms with Crippen LogP contribution in [0.2, 0.25) is 0 Å². The van der Waals surface area contributed by atoms with Crippen LogP contribution in [0.4, 0.5) is 5.00 Å². The number of nitrogens with one attached hydrogen (secondary N) is 1. The zero-order valence-corrected chi connectivity index (χ0v) is 7.63. The van der Waals surface area contributed by atoms with Gasteiger partial charge in [0.05, 0.1) is 5.00 Å². The highest BCUT2D eigenvalue weighted by Crippen LogP contribution is 2.21. The molecule has 0 aliphatic carbocycles. The third-order valence-corrected chi connectivity index (χ3v) is 2.41. The van der Waals surface area contributed by atoms with Gasteiger partial charge in [0.15, 0.2) is 0 Å². The van der Waals surface area contributed by atoms with Crippen LogP contribution < -0.4 is 5.32 Å². The van der Waals surface area contributed by atoms with E-state index in [1.54, 1.807) is 0 Å². The Kier molecular flexibility index (Phi) is 2.91. The molecule has 1 heterocycles. The summed E-state index contributed by atoms with van der Waals surface area (Å²) < 4.78 is 0. The van der Waals surface area contributed by atoms with Crippen LogP contribution >= 0.6 is 22.9 Å². The van der Waals surface area contributed by atoms with E-state index < -0.39 is 0 Å². The number of rotatable bonds is 2. The van der Waals surface area contributed by atoms with Crippen molar-refractivity contribution in [1.82, 2.24) is 0 Å². The van der Waals surface area contributed by atoms with Crippen LogP contribution in [-0.4, -0.2) is 11.8 Å². The molecule has 2 nitrogen and oxygen atoms in total. The van der Waals surface area contributed by atoms with Gasteiger partial charge in [-0.2, -0.15) is 0 Å². The third kappa shape index (κ3) is 2.20. The molecule has 0 aliphatic rings. The lowest BCUT2D eigenvalue weighted by Crippen LogP contribution is -2.11. The predicted molar refractivity (Wildman–Crippen MR) is 48.4 cm³/mol. The fourth-order valence-electron chi connectivity index (χ4n) is 0.661. The lowest BCUT2D eigenvalue weighted by molar-refractivity contribution is -0.113. The van der Waals surface area contributed by atoms with Gasteiger partial charge in [-0.15, -0.1) is 22.9 Å². The first-order valence-corrected chi connectivity index (χ1v) is 4.55. The second-order valence-electron chi connectivity index (χ2n) is 2.11. The van der Waals surface area contributed by atoms with Crippen LogP contribution in [-0.2, 0) is 4.79 Å². The second kappa shape index (κ2) is 3.74. The monoisotopic (exact) mass is 189 g/mol. The highest BCUT2D eigenvalue weighted by atomic mass is 35.5. The molecule has 0 aromatic carbocycles. The topological polar surface area (TPSA) is 29.1 Å². The number of aryl methyl sites for hydroxylation is 1. The Morgan fingerprint density at radius 3 is 3.00 bits per heavy atom. The molecular formula is C7H8ClNOS. The minimum atomic E-state index is -0.155. The Hall–Kier alpha value is -0.540. The summed E-state index contributed by atoms with van der Waals surface area (Å²) in [5.41, 5.74) is 1.08. The number of carbonyl (C=O) groups excluding carboxylic acids is 1. The first-order valence-electron chi connectivity index (χ1n) is 3.14. The number of hydrogen-bond acceptors (Lipinski definition) is 2. The maximum Gasteiger partial charge on any atom is 0.239 e. The van der Waals surface area contributed by atoms with E-state index in [-0.39, 0.29) is 11.8 Å². The first kappa shape index (κ1) is 8.56. The molecule has 1 amide bonds. The van der Waals surface area contributed by atoms with Crippen molar-refractivity contribution in [2.45, 2.75) is 6.92 Å². The summed E-state index contributed by atoms with van der Waals surface area (Å²) in [6, 6.07) is 1.95. The summed E-state index contributed by atoms with van der Waals surface area (Å²) in [6.45, 7) is 1.94. The average molecular weight is 190 g/mol. The molecule has 0 saturated carbocycles. The van der Waals surface area contributed by atoms with Crippen molar-refractivity contribution >= 4 is 33.8 Å². The Labute approximate surface area is 74.2 Å². The molecule has 0 spiro atoms. The van der Waals surface area contributed by atoms with Gasteiger partial charge < -0.3 is 5.32 Å². The van der Waals surface area contributed by atoms with Gasteiger partial charge in [-0.25, -0.2) is 0 Å². The number of halogens is 1. The summed E-state index contributed by atoms with van der Waals surface area (Å²) >= 11 is 6.82. The molecule has 1 rings (SSSR count). The first-order chi connectivity index (χ1) is 5.24. The molecule has 0 saturated heterocycles. The van der Waals surface area contributed by atoms with Gasteiger partial charge in [-0.05, 0) is 23.9 Å². The Balaban J connectivity index is 2.64. The molecule has 0 bridgehead atoms. The predicted octanol–water partition coefficient (Wildman–Crippen LogP) is 2.23. The molecular weight excluding hydrogens is 182 g/mol. The lowest BCUT2D eigenvalue weighted by atomic mass is 10.4. The van der Waals surface area contributed by atoms with Crippen LogP contribution in [0, 0.1) is 6.92 Å². The zero-order valence-electron chi connectivity index (χ0n) is 6.06. The molecule has 11 heavy (non-hydrogen) atoms. The van der Waals surface area contributed by atoms with Crippen molar-refractivity contribution < 1.29 is 4.79 Å². The number of thiophene rings is 1. The minimum absolute atomic E-state index is 0.0112. The normalized spacial score (nSPS) is 9.64. The van der Waals surface area contributed by atoms with Gasteiger partial charge in [0, 0.05) is 0 Å². The van der Waals surface area contributed by atoms with Crippen LogP contribution in [0.5, 0.6) is 0 Å². The number of anilines is 1. The molecule has 1 aromatic rings. The Morgan fingerprint density at radius 2 is 2.55 bits per heavy atom. The SMILES string of the molecule is Cc1ccsc1NC(=O)CCl. The van der Waals surface area contributed by atoms with Crippen molar-refractivity contribution in [3.8, 4) is 0 Å². The number of amides is 1. The molecule has 1 aromatic heterocycles. The fourth-order valence-corrected chi connectivity index (χ4v) is 1.56. The lowest BCUT2D eigenvalue weighted by Gasteiger charge is -1.99. The van der Waals surface area contributed by atoms with Crippen LogP contribution in [0.25, 0.3) is 0 Å². The Morgan fingerprint density at radius 1 is 1.82 bits per heavy atom. The van der Waals surface area contributed by atoms with E-state index in [0.29, 0.717) is 0 Å². The van der Waals surface area contributed by atoms with E-state index in [4.69, 9.17) is 11.6 Å². The van der Waals surface area contributed by atoms with Crippen LogP contribution in [0.1, 0.15) is 5.56 Å². The van der Waals surface area contributed by atoms with E-state index >= 15 is 0 Å². The third-order valence-electron chi connectivity index (χ3n) is 1.24. The molecule has 0 radical (unpaired) electrons. The van der Waals surface area contributed by atoms with Gasteiger partial charge in [0.1, 0.15) is 5.88 Å². The maximum absolute atomic E-state index is 10.8. The van der Waals surface area contributed by atoms with Crippen molar-refractivity contribution in [3.63, 3.8) is 0 Å². The molecule has 60 valence electrons. The maximum atomic E-state index is 10.8. The van der Waals surface area contributed by atoms with Crippen molar-refractivity contribution in [3.05, 3.63) is 17.0 Å². The van der Waals surface area contributed by atoms with Crippen molar-refractivity contribution in [1.29, 1.82) is 0 Å². The van der Waals surface area contributed by atoms with Gasteiger partial charge >= 0.3 is 0 Å². The average Bonchev–Trinajstić information content (AvgIpc) is 2.37. The highest BCUT2D eigenvalue weighted by molar-refractivity contribution is 7.14. The van der Waals surface area contributed by atoms with E-state index in [1.165, 1.54) is 11.3 Å². The zero-order chi connectivity index (χ0) is 8.27. The number of alkyl halides is 1. The van der Waals surface area contributed by atoms with E-state index in [9.17, 15) is 4.79 Å². The van der Waals surface area contributed by atoms with Crippen molar-refractivity contribution in [2.24, 2.45) is 0 Å². The molecule has 0 aliphatic heterocycles.